The molecular formula is C20H31F3O2. The summed E-state index contributed by atoms with van der Waals surface area (Å²) in [5.41, 5.74) is 0.410. The lowest BCUT2D eigenvalue weighted by Crippen LogP contribution is -2.40. The Kier molecular flexibility index (Phi) is 9.51. The first-order valence-corrected chi connectivity index (χ1v) is 9.11. The third-order valence-electron chi connectivity index (χ3n) is 4.98. The summed E-state index contributed by atoms with van der Waals surface area (Å²) in [7, 11) is 3.12. The molecule has 0 heterocycles. The van der Waals surface area contributed by atoms with Gasteiger partial charge in [-0.2, -0.15) is 0 Å². The van der Waals surface area contributed by atoms with Gasteiger partial charge in [0.15, 0.2) is 23.2 Å². The Morgan fingerprint density at radius 2 is 1.44 bits per heavy atom. The maximum atomic E-state index is 13.5. The molecule has 1 aromatic rings. The summed E-state index contributed by atoms with van der Waals surface area (Å²) < 4.78 is 51.2. The first-order chi connectivity index (χ1) is 11.9. The molecule has 0 saturated heterocycles. The van der Waals surface area contributed by atoms with Crippen LogP contribution in [0.5, 0.6) is 0 Å². The standard InChI is InChI=1S/C20H31F3O2/c1-5-6-7-8-9-10-11-16(20(2,24-3)25-4)12-15-13-17(21)19(23)18(22)14-15/h13-14,16H,5-12H2,1-4H3. The average molecular weight is 360 g/mol. The zero-order chi connectivity index (χ0) is 18.9. The molecule has 0 aliphatic rings. The number of halogens is 3. The normalized spacial score (nSPS) is 13.2. The van der Waals surface area contributed by atoms with Crippen molar-refractivity contribution < 1.29 is 22.6 Å². The Morgan fingerprint density at radius 3 is 1.96 bits per heavy atom. The van der Waals surface area contributed by atoms with Gasteiger partial charge in [0.25, 0.3) is 0 Å². The van der Waals surface area contributed by atoms with E-state index in [0.29, 0.717) is 12.0 Å². The second kappa shape index (κ2) is 10.8. The molecule has 0 fully saturated rings. The largest absolute Gasteiger partial charge is 0.353 e. The molecule has 5 heteroatoms. The van der Waals surface area contributed by atoms with Crippen molar-refractivity contribution in [3.05, 3.63) is 35.1 Å². The minimum absolute atomic E-state index is 0.0852. The lowest BCUT2D eigenvalue weighted by molar-refractivity contribution is -0.228. The number of unbranched alkanes of at least 4 members (excludes halogenated alkanes) is 5. The Bertz CT molecular complexity index is 493. The lowest BCUT2D eigenvalue weighted by atomic mass is 9.87. The monoisotopic (exact) mass is 360 g/mol. The Balaban J connectivity index is 2.78. The predicted molar refractivity (Wildman–Crippen MR) is 93.9 cm³/mol. The molecular weight excluding hydrogens is 329 g/mol. The Hall–Kier alpha value is -1.07. The van der Waals surface area contributed by atoms with E-state index in [0.717, 1.165) is 31.4 Å². The van der Waals surface area contributed by atoms with Gasteiger partial charge in [-0.1, -0.05) is 45.4 Å². The van der Waals surface area contributed by atoms with Crippen LogP contribution in [0.1, 0.15) is 64.4 Å². The van der Waals surface area contributed by atoms with E-state index < -0.39 is 23.2 Å². The van der Waals surface area contributed by atoms with Crippen molar-refractivity contribution in [1.82, 2.24) is 0 Å². The fraction of sp³-hybridized carbons (Fsp3) is 0.700. The molecule has 1 rings (SSSR count). The summed E-state index contributed by atoms with van der Waals surface area (Å²) in [6, 6.07) is 2.11. The van der Waals surface area contributed by atoms with Crippen molar-refractivity contribution in [2.45, 2.75) is 71.0 Å². The van der Waals surface area contributed by atoms with Gasteiger partial charge in [-0.05, 0) is 37.5 Å². The first kappa shape index (κ1) is 22.0. The molecule has 1 atom stereocenters. The quantitative estimate of drug-likeness (QED) is 0.258. The molecule has 0 aromatic heterocycles. The van der Waals surface area contributed by atoms with E-state index in [1.807, 2.05) is 6.92 Å². The van der Waals surface area contributed by atoms with Crippen LogP contribution in [0, 0.1) is 23.4 Å². The SMILES string of the molecule is CCCCCCCCC(Cc1cc(F)c(F)c(F)c1)C(C)(OC)OC. The highest BCUT2D eigenvalue weighted by Gasteiger charge is 2.34. The van der Waals surface area contributed by atoms with Crippen LogP contribution in [-0.2, 0) is 15.9 Å². The van der Waals surface area contributed by atoms with Gasteiger partial charge in [0.2, 0.25) is 0 Å². The number of hydrogen-bond donors (Lipinski definition) is 0. The number of ether oxygens (including phenoxy) is 2. The van der Waals surface area contributed by atoms with Crippen molar-refractivity contribution in [3.8, 4) is 0 Å². The van der Waals surface area contributed by atoms with Crippen molar-refractivity contribution in [3.63, 3.8) is 0 Å². The maximum absolute atomic E-state index is 13.5. The van der Waals surface area contributed by atoms with E-state index >= 15 is 0 Å². The lowest BCUT2D eigenvalue weighted by Gasteiger charge is -2.35. The molecule has 0 aliphatic heterocycles. The fourth-order valence-electron chi connectivity index (χ4n) is 3.15. The van der Waals surface area contributed by atoms with Gasteiger partial charge in [-0.15, -0.1) is 0 Å². The molecule has 1 unspecified atom stereocenters. The highest BCUT2D eigenvalue weighted by atomic mass is 19.2. The molecule has 0 amide bonds. The van der Waals surface area contributed by atoms with Gasteiger partial charge in [0, 0.05) is 20.1 Å². The smallest absolute Gasteiger partial charge is 0.194 e. The van der Waals surface area contributed by atoms with Gasteiger partial charge in [-0.25, -0.2) is 13.2 Å². The van der Waals surface area contributed by atoms with Crippen molar-refractivity contribution in [1.29, 1.82) is 0 Å². The topological polar surface area (TPSA) is 18.5 Å². The van der Waals surface area contributed by atoms with Crippen LogP contribution >= 0.6 is 0 Å². The van der Waals surface area contributed by atoms with Crippen LogP contribution in [0.15, 0.2) is 12.1 Å². The molecule has 1 aromatic carbocycles. The van der Waals surface area contributed by atoms with Gasteiger partial charge in [-0.3, -0.25) is 0 Å². The van der Waals surface area contributed by atoms with Crippen LogP contribution in [0.3, 0.4) is 0 Å². The highest BCUT2D eigenvalue weighted by molar-refractivity contribution is 5.20. The number of methoxy groups -OCH3 is 2. The zero-order valence-electron chi connectivity index (χ0n) is 15.8. The summed E-state index contributed by atoms with van der Waals surface area (Å²) in [5, 5.41) is 0. The number of hydrogen-bond acceptors (Lipinski definition) is 2. The summed E-state index contributed by atoms with van der Waals surface area (Å²) in [5.74, 6) is -4.70. The molecule has 0 radical (unpaired) electrons. The predicted octanol–water partition coefficient (Wildman–Crippen LogP) is 6.02. The molecule has 0 aliphatic carbocycles. The van der Waals surface area contributed by atoms with E-state index in [4.69, 9.17) is 9.47 Å². The molecule has 2 nitrogen and oxygen atoms in total. The highest BCUT2D eigenvalue weighted by Crippen LogP contribution is 2.31. The minimum atomic E-state index is -1.43. The van der Waals surface area contributed by atoms with E-state index in [-0.39, 0.29) is 5.92 Å². The van der Waals surface area contributed by atoms with Gasteiger partial charge in [0.05, 0.1) is 0 Å². The van der Waals surface area contributed by atoms with Crippen molar-refractivity contribution in [2.24, 2.45) is 5.92 Å². The van der Waals surface area contributed by atoms with Gasteiger partial charge >= 0.3 is 0 Å². The Labute approximate surface area is 149 Å². The molecule has 0 spiro atoms. The summed E-state index contributed by atoms with van der Waals surface area (Å²) in [4.78, 5) is 0. The zero-order valence-corrected chi connectivity index (χ0v) is 15.8. The van der Waals surface area contributed by atoms with Crippen LogP contribution in [0.2, 0.25) is 0 Å². The van der Waals surface area contributed by atoms with Gasteiger partial charge in [0.1, 0.15) is 0 Å². The third-order valence-corrected chi connectivity index (χ3v) is 4.98. The second-order valence-corrected chi connectivity index (χ2v) is 6.76. The summed E-state index contributed by atoms with van der Waals surface area (Å²) in [6.07, 6.45) is 8.11. The van der Waals surface area contributed by atoms with Crippen molar-refractivity contribution in [2.75, 3.05) is 14.2 Å². The van der Waals surface area contributed by atoms with Crippen LogP contribution in [-0.4, -0.2) is 20.0 Å². The van der Waals surface area contributed by atoms with Crippen LogP contribution in [0.25, 0.3) is 0 Å². The minimum Gasteiger partial charge on any atom is -0.353 e. The van der Waals surface area contributed by atoms with E-state index in [1.165, 1.54) is 25.7 Å². The molecule has 0 bridgehead atoms. The fourth-order valence-corrected chi connectivity index (χ4v) is 3.15. The summed E-state index contributed by atoms with van der Waals surface area (Å²) >= 11 is 0. The number of benzene rings is 1. The van der Waals surface area contributed by atoms with Crippen LogP contribution in [0.4, 0.5) is 13.2 Å². The van der Waals surface area contributed by atoms with E-state index in [2.05, 4.69) is 6.92 Å². The molecule has 0 saturated carbocycles. The average Bonchev–Trinajstić information content (AvgIpc) is 2.60. The Morgan fingerprint density at radius 1 is 0.920 bits per heavy atom. The molecule has 25 heavy (non-hydrogen) atoms. The van der Waals surface area contributed by atoms with E-state index in [1.54, 1.807) is 14.2 Å². The van der Waals surface area contributed by atoms with E-state index in [9.17, 15) is 13.2 Å². The third kappa shape index (κ3) is 6.63. The first-order valence-electron chi connectivity index (χ1n) is 9.11. The second-order valence-electron chi connectivity index (χ2n) is 6.76. The molecule has 144 valence electrons. The molecule has 0 N–H and O–H groups in total. The summed E-state index contributed by atoms with van der Waals surface area (Å²) in [6.45, 7) is 4.00. The maximum Gasteiger partial charge on any atom is 0.194 e. The van der Waals surface area contributed by atoms with Crippen molar-refractivity contribution >= 4 is 0 Å². The number of rotatable bonds is 12. The van der Waals surface area contributed by atoms with Crippen LogP contribution < -0.4 is 0 Å². The van der Waals surface area contributed by atoms with Gasteiger partial charge < -0.3 is 9.47 Å².